The molecule has 0 aromatic carbocycles. The summed E-state index contributed by atoms with van der Waals surface area (Å²) in [5.41, 5.74) is 0. The average molecular weight is 375 g/mol. The van der Waals surface area contributed by atoms with Gasteiger partial charge in [0.25, 0.3) is 20.2 Å². The van der Waals surface area contributed by atoms with Gasteiger partial charge in [-0.2, -0.15) is 16.8 Å². The van der Waals surface area contributed by atoms with E-state index in [4.69, 9.17) is 8.37 Å². The summed E-state index contributed by atoms with van der Waals surface area (Å²) < 4.78 is 56.5. The number of hydrogen-bond acceptors (Lipinski definition) is 7. The molecule has 9 heteroatoms. The number of hydrogen-bond donors (Lipinski definition) is 1. The van der Waals surface area contributed by atoms with Crippen LogP contribution in [0.4, 0.5) is 0 Å². The van der Waals surface area contributed by atoms with Crippen molar-refractivity contribution < 1.29 is 30.3 Å². The van der Waals surface area contributed by atoms with Crippen molar-refractivity contribution in [2.45, 2.75) is 52.7 Å². The highest BCUT2D eigenvalue weighted by molar-refractivity contribution is 7.86. The lowest BCUT2D eigenvalue weighted by Crippen LogP contribution is -2.43. The van der Waals surface area contributed by atoms with Gasteiger partial charge in [0, 0.05) is 18.4 Å². The monoisotopic (exact) mass is 374 g/mol. The summed E-state index contributed by atoms with van der Waals surface area (Å²) in [5.74, 6) is -1.14. The van der Waals surface area contributed by atoms with Gasteiger partial charge in [-0.25, -0.2) is 0 Å². The van der Waals surface area contributed by atoms with Gasteiger partial charge in [-0.3, -0.25) is 8.37 Å². The van der Waals surface area contributed by atoms with E-state index < -0.39 is 44.3 Å². The molecule has 0 fully saturated rings. The van der Waals surface area contributed by atoms with Crippen molar-refractivity contribution in [1.29, 1.82) is 0 Å². The minimum Gasteiger partial charge on any atom is -0.396 e. The van der Waals surface area contributed by atoms with Gasteiger partial charge in [0.05, 0.1) is 24.7 Å². The Morgan fingerprint density at radius 3 is 1.57 bits per heavy atom. The molecular formula is C14H30O7S2. The molecule has 1 N–H and O–H groups in total. The predicted molar refractivity (Wildman–Crippen MR) is 88.9 cm³/mol. The lowest BCUT2D eigenvalue weighted by Gasteiger charge is -2.35. The molecule has 140 valence electrons. The second-order valence-electron chi connectivity index (χ2n) is 6.31. The van der Waals surface area contributed by atoms with E-state index >= 15 is 0 Å². The van der Waals surface area contributed by atoms with Crippen LogP contribution in [0, 0.1) is 17.8 Å². The van der Waals surface area contributed by atoms with Gasteiger partial charge >= 0.3 is 0 Å². The Labute approximate surface area is 140 Å². The Kier molecular flexibility index (Phi) is 9.22. The van der Waals surface area contributed by atoms with Crippen LogP contribution in [-0.2, 0) is 28.6 Å². The second kappa shape index (κ2) is 9.31. The molecule has 0 unspecified atom stereocenters. The topological polar surface area (TPSA) is 107 Å². The van der Waals surface area contributed by atoms with Crippen LogP contribution < -0.4 is 0 Å². The van der Waals surface area contributed by atoms with Gasteiger partial charge in [-0.15, -0.1) is 0 Å². The molecule has 0 heterocycles. The molecule has 0 radical (unpaired) electrons. The van der Waals surface area contributed by atoms with Gasteiger partial charge in [-0.1, -0.05) is 34.1 Å². The molecule has 0 amide bonds. The van der Waals surface area contributed by atoms with E-state index in [9.17, 15) is 21.9 Å². The molecule has 0 spiro atoms. The second-order valence-corrected chi connectivity index (χ2v) is 9.52. The minimum atomic E-state index is -3.75. The molecule has 5 atom stereocenters. The molecular weight excluding hydrogens is 344 g/mol. The number of aliphatic hydroxyl groups is 1. The van der Waals surface area contributed by atoms with Crippen LogP contribution in [0.5, 0.6) is 0 Å². The average Bonchev–Trinajstić information content (AvgIpc) is 2.38. The number of rotatable bonds is 11. The molecule has 0 bridgehead atoms. The zero-order valence-electron chi connectivity index (χ0n) is 14.7. The largest absolute Gasteiger partial charge is 0.396 e. The van der Waals surface area contributed by atoms with Crippen molar-refractivity contribution in [3.63, 3.8) is 0 Å². The van der Waals surface area contributed by atoms with Gasteiger partial charge in [0.15, 0.2) is 0 Å². The maximum absolute atomic E-state index is 11.6. The summed E-state index contributed by atoms with van der Waals surface area (Å²) in [6, 6.07) is 0. The van der Waals surface area contributed by atoms with Gasteiger partial charge in [0.2, 0.25) is 0 Å². The Bertz CT molecular complexity index is 541. The van der Waals surface area contributed by atoms with Crippen LogP contribution in [-0.4, -0.2) is 53.3 Å². The van der Waals surface area contributed by atoms with Crippen molar-refractivity contribution in [3.05, 3.63) is 0 Å². The first-order valence-corrected chi connectivity index (χ1v) is 11.3. The van der Waals surface area contributed by atoms with E-state index in [2.05, 4.69) is 0 Å². The third-order valence-corrected chi connectivity index (χ3v) is 4.91. The zero-order chi connectivity index (χ0) is 18.4. The first kappa shape index (κ1) is 22.8. The normalized spacial score (nSPS) is 19.8. The fraction of sp³-hybridized carbons (Fsp3) is 1.00. The van der Waals surface area contributed by atoms with Crippen molar-refractivity contribution >= 4 is 20.2 Å². The van der Waals surface area contributed by atoms with E-state index in [1.54, 1.807) is 13.8 Å². The van der Waals surface area contributed by atoms with Crippen molar-refractivity contribution in [2.75, 3.05) is 19.1 Å². The fourth-order valence-corrected chi connectivity index (χ4v) is 4.25. The summed E-state index contributed by atoms with van der Waals surface area (Å²) in [6.07, 6.45) is 1.85. The smallest absolute Gasteiger partial charge is 0.264 e. The zero-order valence-corrected chi connectivity index (χ0v) is 16.4. The molecule has 0 aromatic heterocycles. The van der Waals surface area contributed by atoms with E-state index in [0.717, 1.165) is 25.4 Å². The lowest BCUT2D eigenvalue weighted by molar-refractivity contribution is -0.00882. The Balaban J connectivity index is 5.59. The van der Waals surface area contributed by atoms with Gasteiger partial charge < -0.3 is 5.11 Å². The third kappa shape index (κ3) is 8.99. The Morgan fingerprint density at radius 2 is 1.26 bits per heavy atom. The first-order chi connectivity index (χ1) is 10.3. The highest BCUT2D eigenvalue weighted by Crippen LogP contribution is 2.30. The van der Waals surface area contributed by atoms with E-state index in [-0.39, 0.29) is 12.5 Å². The lowest BCUT2D eigenvalue weighted by atomic mass is 9.83. The van der Waals surface area contributed by atoms with E-state index in [0.29, 0.717) is 0 Å². The highest BCUT2D eigenvalue weighted by atomic mass is 32.2. The van der Waals surface area contributed by atoms with Crippen LogP contribution in [0.2, 0.25) is 0 Å². The van der Waals surface area contributed by atoms with Crippen molar-refractivity contribution in [2.24, 2.45) is 17.8 Å². The maximum Gasteiger partial charge on any atom is 0.264 e. The van der Waals surface area contributed by atoms with E-state index in [1.807, 2.05) is 13.8 Å². The van der Waals surface area contributed by atoms with Crippen LogP contribution >= 0.6 is 0 Å². The first-order valence-electron chi connectivity index (χ1n) is 7.69. The minimum absolute atomic E-state index is 0.110. The maximum atomic E-state index is 11.6. The van der Waals surface area contributed by atoms with Crippen LogP contribution in [0.15, 0.2) is 0 Å². The summed E-state index contributed by atoms with van der Waals surface area (Å²) in [6.45, 7) is 6.88. The van der Waals surface area contributed by atoms with Gasteiger partial charge in [0.1, 0.15) is 0 Å². The van der Waals surface area contributed by atoms with Crippen LogP contribution in [0.25, 0.3) is 0 Å². The van der Waals surface area contributed by atoms with E-state index in [1.165, 1.54) is 0 Å². The third-order valence-electron chi connectivity index (χ3n) is 3.76. The summed E-state index contributed by atoms with van der Waals surface area (Å²) >= 11 is 0. The van der Waals surface area contributed by atoms with Crippen LogP contribution in [0.3, 0.4) is 0 Å². The molecule has 0 saturated heterocycles. The Hall–Kier alpha value is -0.220. The van der Waals surface area contributed by atoms with Crippen molar-refractivity contribution in [1.82, 2.24) is 0 Å². The molecule has 0 aliphatic carbocycles. The molecule has 23 heavy (non-hydrogen) atoms. The summed E-state index contributed by atoms with van der Waals surface area (Å²) in [4.78, 5) is 0. The van der Waals surface area contributed by atoms with Crippen LogP contribution in [0.1, 0.15) is 40.5 Å². The standard InChI is InChI=1S/C14H30O7S2/c1-7-8-10(2)13(20-22(5,16)17)12(4)14(11(3)9-15)21-23(6,18)19/h10-15H,7-9H2,1-6H3/t10-,11+,12-,13+,14-/m0/s1. The van der Waals surface area contributed by atoms with Crippen molar-refractivity contribution in [3.8, 4) is 0 Å². The highest BCUT2D eigenvalue weighted by Gasteiger charge is 2.37. The summed E-state index contributed by atoms with van der Waals surface area (Å²) in [7, 11) is -7.46. The Morgan fingerprint density at radius 1 is 0.870 bits per heavy atom. The summed E-state index contributed by atoms with van der Waals surface area (Å²) in [5, 5.41) is 9.37. The fourth-order valence-electron chi connectivity index (χ4n) is 2.72. The number of aliphatic hydroxyl groups excluding tert-OH is 1. The SMILES string of the molecule is CCC[C@H](C)[C@@H](OS(C)(=O)=O)[C@H](C)[C@@H](OS(C)(=O)=O)[C@H](C)CO. The quantitative estimate of drug-likeness (QED) is 0.544. The molecule has 0 saturated carbocycles. The molecule has 0 rings (SSSR count). The molecule has 0 aliphatic heterocycles. The molecule has 0 aliphatic rings. The molecule has 0 aromatic rings. The molecule has 7 nitrogen and oxygen atoms in total. The predicted octanol–water partition coefficient (Wildman–Crippen LogP) is 1.38. The van der Waals surface area contributed by atoms with Gasteiger partial charge in [-0.05, 0) is 12.3 Å².